The quantitative estimate of drug-likeness (QED) is 0.0201. The molecule has 17 atom stereocenters. The highest BCUT2D eigenvalue weighted by Crippen LogP contribution is 2.33. The first-order valence-corrected chi connectivity index (χ1v) is 33.8. The van der Waals surface area contributed by atoms with Crippen molar-refractivity contribution in [2.24, 2.45) is 0 Å². The Morgan fingerprint density at radius 2 is 0.767 bits per heavy atom. The maximum absolute atomic E-state index is 13.4. The van der Waals surface area contributed by atoms with Crippen molar-refractivity contribution in [2.45, 2.75) is 291 Å². The lowest BCUT2D eigenvalue weighted by atomic mass is 9.96. The zero-order valence-corrected chi connectivity index (χ0v) is 54.1. The van der Waals surface area contributed by atoms with Crippen LogP contribution in [0, 0.1) is 0 Å². The van der Waals surface area contributed by atoms with Crippen molar-refractivity contribution in [1.82, 2.24) is 5.32 Å². The third kappa shape index (κ3) is 33.3. The Morgan fingerprint density at radius 3 is 1.20 bits per heavy atom. The fraction of sp³-hybridized carbons (Fsp3) is 0.704. The number of ether oxygens (including phenoxy) is 6. The largest absolute Gasteiger partial charge is 0.394 e. The predicted molar refractivity (Wildman–Crippen MR) is 350 cm³/mol. The van der Waals surface area contributed by atoms with Crippen LogP contribution in [0.5, 0.6) is 0 Å². The first-order chi connectivity index (χ1) is 43.8. The molecule has 0 spiro atoms. The van der Waals surface area contributed by atoms with Gasteiger partial charge in [-0.25, -0.2) is 0 Å². The number of aliphatic hydroxyl groups excluding tert-OH is 11. The van der Waals surface area contributed by atoms with Crippen LogP contribution in [-0.4, -0.2) is 193 Å². The van der Waals surface area contributed by atoms with Crippen molar-refractivity contribution in [3.63, 3.8) is 0 Å². The van der Waals surface area contributed by atoms with Crippen molar-refractivity contribution >= 4 is 5.91 Å². The van der Waals surface area contributed by atoms with Gasteiger partial charge in [-0.15, -0.1) is 0 Å². The average molecular weight is 1270 g/mol. The highest BCUT2D eigenvalue weighted by atomic mass is 16.8. The monoisotopic (exact) mass is 1270 g/mol. The van der Waals surface area contributed by atoms with Gasteiger partial charge in [0.15, 0.2) is 18.9 Å². The molecule has 19 nitrogen and oxygen atoms in total. The summed E-state index contributed by atoms with van der Waals surface area (Å²) in [5.74, 6) is -0.302. The molecule has 514 valence electrons. The molecular weight excluding hydrogens is 1150 g/mol. The Balaban J connectivity index is 1.40. The SMILES string of the molecule is CC/C=C\C/C=C\C/C=C\C/C=C\C/C=C\C/C=C\C/C=C\C/C=C\C/C=C\CCCCCCCC(=O)NC(COC1OC(CO)C(OC2OC(CO)C(OC3OC(CO)C(O)C(O)C3O)C(O)C2O)C(O)C1O)C(O)/C=C/CCCCCCCCCCCC. The van der Waals surface area contributed by atoms with E-state index in [1.54, 1.807) is 6.08 Å². The number of carbonyl (C=O) groups is 1. The fourth-order valence-electron chi connectivity index (χ4n) is 10.5. The van der Waals surface area contributed by atoms with Crippen molar-refractivity contribution < 1.29 is 89.4 Å². The summed E-state index contributed by atoms with van der Waals surface area (Å²) in [7, 11) is 0. The number of hydrogen-bond acceptors (Lipinski definition) is 18. The molecule has 3 aliphatic heterocycles. The normalized spacial score (nSPS) is 28.8. The van der Waals surface area contributed by atoms with E-state index in [4.69, 9.17) is 28.4 Å². The summed E-state index contributed by atoms with van der Waals surface area (Å²) in [6, 6.07) is -0.992. The number of aliphatic hydroxyl groups is 11. The van der Waals surface area contributed by atoms with Crippen LogP contribution in [0.25, 0.3) is 0 Å². The lowest BCUT2D eigenvalue weighted by Gasteiger charge is -2.48. The lowest BCUT2D eigenvalue weighted by Crippen LogP contribution is -2.66. The number of allylic oxidation sites excluding steroid dienone is 19. The topological polar surface area (TPSA) is 307 Å². The fourth-order valence-corrected chi connectivity index (χ4v) is 10.5. The van der Waals surface area contributed by atoms with Crippen LogP contribution in [0.1, 0.15) is 187 Å². The molecule has 19 heteroatoms. The van der Waals surface area contributed by atoms with Gasteiger partial charge in [0.2, 0.25) is 5.91 Å². The van der Waals surface area contributed by atoms with E-state index in [0.717, 1.165) is 116 Å². The first kappa shape index (κ1) is 80.4. The smallest absolute Gasteiger partial charge is 0.220 e. The number of unbranched alkanes of at least 4 members (excludes halogenated alkanes) is 15. The van der Waals surface area contributed by atoms with Crippen molar-refractivity contribution in [3.05, 3.63) is 122 Å². The Bertz CT molecular complexity index is 2100. The van der Waals surface area contributed by atoms with E-state index in [1.807, 2.05) is 6.08 Å². The van der Waals surface area contributed by atoms with Gasteiger partial charge in [0.05, 0.1) is 38.6 Å². The highest BCUT2D eigenvalue weighted by molar-refractivity contribution is 5.76. The maximum atomic E-state index is 13.4. The molecule has 3 fully saturated rings. The van der Waals surface area contributed by atoms with Gasteiger partial charge in [0.1, 0.15) is 73.2 Å². The Hall–Kier alpha value is -3.81. The number of nitrogens with one attached hydrogen (secondary N) is 1. The van der Waals surface area contributed by atoms with Crippen LogP contribution >= 0.6 is 0 Å². The van der Waals surface area contributed by atoms with Gasteiger partial charge in [0, 0.05) is 6.42 Å². The van der Waals surface area contributed by atoms with Gasteiger partial charge in [-0.2, -0.15) is 0 Å². The van der Waals surface area contributed by atoms with E-state index in [-0.39, 0.29) is 18.9 Å². The molecule has 0 aromatic heterocycles. The molecule has 0 saturated carbocycles. The van der Waals surface area contributed by atoms with Gasteiger partial charge in [-0.3, -0.25) is 4.79 Å². The second kappa shape index (κ2) is 51.6. The zero-order valence-electron chi connectivity index (χ0n) is 54.1. The number of carbonyl (C=O) groups excluding carboxylic acids is 1. The molecule has 0 aliphatic carbocycles. The molecule has 90 heavy (non-hydrogen) atoms. The van der Waals surface area contributed by atoms with E-state index < -0.39 is 124 Å². The molecule has 0 bridgehead atoms. The number of hydrogen-bond donors (Lipinski definition) is 12. The molecule has 0 aromatic rings. The third-order valence-corrected chi connectivity index (χ3v) is 16.0. The van der Waals surface area contributed by atoms with E-state index >= 15 is 0 Å². The Kier molecular flexibility index (Phi) is 46.1. The average Bonchev–Trinajstić information content (AvgIpc) is 0.864. The summed E-state index contributed by atoms with van der Waals surface area (Å²) in [6.45, 7) is 1.56. The van der Waals surface area contributed by atoms with Crippen LogP contribution < -0.4 is 5.32 Å². The second-order valence-electron chi connectivity index (χ2n) is 23.6. The molecule has 17 unspecified atom stereocenters. The maximum Gasteiger partial charge on any atom is 0.220 e. The minimum Gasteiger partial charge on any atom is -0.394 e. The molecule has 3 heterocycles. The summed E-state index contributed by atoms with van der Waals surface area (Å²) < 4.78 is 34.3. The van der Waals surface area contributed by atoms with Gasteiger partial charge < -0.3 is 89.9 Å². The molecule has 12 N–H and O–H groups in total. The highest BCUT2D eigenvalue weighted by Gasteiger charge is 2.53. The molecule has 3 aliphatic rings. The summed E-state index contributed by atoms with van der Waals surface area (Å²) in [5.41, 5.74) is 0. The van der Waals surface area contributed by atoms with Gasteiger partial charge in [-0.05, 0) is 89.9 Å². The van der Waals surface area contributed by atoms with Crippen LogP contribution in [0.2, 0.25) is 0 Å². The summed E-state index contributed by atoms with van der Waals surface area (Å²) in [5, 5.41) is 120. The number of amides is 1. The Labute approximate surface area is 538 Å². The minimum absolute atomic E-state index is 0.212. The van der Waals surface area contributed by atoms with Crippen molar-refractivity contribution in [2.75, 3.05) is 26.4 Å². The van der Waals surface area contributed by atoms with E-state index in [0.29, 0.717) is 6.42 Å². The molecule has 0 radical (unpaired) electrons. The van der Waals surface area contributed by atoms with Crippen LogP contribution in [-0.2, 0) is 33.2 Å². The van der Waals surface area contributed by atoms with Crippen molar-refractivity contribution in [1.29, 1.82) is 0 Å². The summed E-state index contributed by atoms with van der Waals surface area (Å²) in [6.07, 6.45) is 43.2. The molecule has 3 saturated heterocycles. The van der Waals surface area contributed by atoms with Gasteiger partial charge in [-0.1, -0.05) is 212 Å². The van der Waals surface area contributed by atoms with Crippen LogP contribution in [0.4, 0.5) is 0 Å². The Morgan fingerprint density at radius 1 is 0.411 bits per heavy atom. The summed E-state index contributed by atoms with van der Waals surface area (Å²) >= 11 is 0. The van der Waals surface area contributed by atoms with Crippen LogP contribution in [0.3, 0.4) is 0 Å². The molecule has 1 amide bonds. The molecular formula is C71H117NO18. The lowest BCUT2D eigenvalue weighted by molar-refractivity contribution is -0.379. The molecule has 3 rings (SSSR count). The second-order valence-corrected chi connectivity index (χ2v) is 23.6. The number of rotatable bonds is 49. The molecule has 0 aromatic carbocycles. The standard InChI is InChI=1S/C71H117NO18/c1-3-5-7-9-11-13-15-17-18-19-20-21-22-23-24-25-26-27-28-29-30-31-32-33-34-35-36-37-39-41-43-45-47-49-59(77)72-54(55(76)48-46-44-42-40-38-16-14-12-10-8-6-4-2)53-85-69-65(83)62(80)67(57(51-74)87-69)90-71-66(84)63(81)68(58(52-75)88-71)89-70-64(82)61(79)60(78)56(50-73)86-70/h5,7,11,13,17-18,20-21,23-24,26-27,29-30,32-33,35-36,46,48,54-58,60-71,73-76,78-84H,3-4,6,8-10,12,14-16,19,22,25,28,31,34,37-45,47,49-53H2,1-2H3,(H,72,77)/b7-5-,13-11-,18-17-,21-20-,24-23-,27-26-,30-29-,33-32-,36-35-,48-46+. The summed E-state index contributed by atoms with van der Waals surface area (Å²) in [4.78, 5) is 13.4. The predicted octanol–water partition coefficient (Wildman–Crippen LogP) is 8.43. The third-order valence-electron chi connectivity index (χ3n) is 16.0. The first-order valence-electron chi connectivity index (χ1n) is 33.8. The van der Waals surface area contributed by atoms with Crippen LogP contribution in [0.15, 0.2) is 122 Å². The van der Waals surface area contributed by atoms with Gasteiger partial charge in [0.25, 0.3) is 0 Å². The van der Waals surface area contributed by atoms with Gasteiger partial charge >= 0.3 is 0 Å². The van der Waals surface area contributed by atoms with E-state index in [9.17, 15) is 61.0 Å². The van der Waals surface area contributed by atoms with Crippen molar-refractivity contribution in [3.8, 4) is 0 Å². The minimum atomic E-state index is -1.99. The zero-order chi connectivity index (χ0) is 65.4. The van der Waals surface area contributed by atoms with E-state index in [1.165, 1.54) is 44.9 Å². The van der Waals surface area contributed by atoms with E-state index in [2.05, 4.69) is 129 Å².